The van der Waals surface area contributed by atoms with Crippen LogP contribution < -0.4 is 5.32 Å². The summed E-state index contributed by atoms with van der Waals surface area (Å²) in [7, 11) is 1.54. The number of carbonyl (C=O) groups is 2. The smallest absolute Gasteiger partial charge is 0.317 e. The van der Waals surface area contributed by atoms with Crippen LogP contribution in [0, 0.1) is 17.2 Å². The number of methoxy groups -OCH3 is 1. The van der Waals surface area contributed by atoms with E-state index in [1.807, 2.05) is 13.0 Å². The van der Waals surface area contributed by atoms with E-state index in [4.69, 9.17) is 15.1 Å². The summed E-state index contributed by atoms with van der Waals surface area (Å²) in [4.78, 5) is 24.1. The summed E-state index contributed by atoms with van der Waals surface area (Å²) in [5.41, 5.74) is 0. The summed E-state index contributed by atoms with van der Waals surface area (Å²) >= 11 is 0. The second-order valence-electron chi connectivity index (χ2n) is 4.45. The molecule has 7 nitrogen and oxygen atoms in total. The number of nitriles is 1. The number of rotatable bonds is 10. The fourth-order valence-electron chi connectivity index (χ4n) is 1.65. The molecule has 0 saturated carbocycles. The molecule has 0 fully saturated rings. The number of urea groups is 1. The normalized spacial score (nSPS) is 11.4. The number of carboxylic acids is 1. The zero-order chi connectivity index (χ0) is 15.4. The summed E-state index contributed by atoms with van der Waals surface area (Å²) < 4.78 is 4.92. The van der Waals surface area contributed by atoms with E-state index in [1.165, 1.54) is 4.90 Å². The maximum absolute atomic E-state index is 12.0. The molecule has 0 aliphatic heterocycles. The zero-order valence-electron chi connectivity index (χ0n) is 12.1. The Labute approximate surface area is 119 Å². The van der Waals surface area contributed by atoms with E-state index in [9.17, 15) is 9.59 Å². The van der Waals surface area contributed by atoms with Gasteiger partial charge in [0, 0.05) is 33.2 Å². The second-order valence-corrected chi connectivity index (χ2v) is 4.45. The highest BCUT2D eigenvalue weighted by Gasteiger charge is 2.16. The number of nitrogens with one attached hydrogen (secondary N) is 1. The Hall–Kier alpha value is -1.81. The SMILES string of the molecule is CCC(CNC(=O)N(CCC#N)CCOC)CC(=O)O. The monoisotopic (exact) mass is 285 g/mol. The van der Waals surface area contributed by atoms with E-state index in [1.54, 1.807) is 7.11 Å². The number of hydrogen-bond acceptors (Lipinski definition) is 4. The third kappa shape index (κ3) is 8.32. The molecule has 0 aliphatic carbocycles. The summed E-state index contributed by atoms with van der Waals surface area (Å²) in [5, 5.41) is 20.0. The first-order valence-corrected chi connectivity index (χ1v) is 6.65. The number of carbonyl (C=O) groups excluding carboxylic acids is 1. The van der Waals surface area contributed by atoms with Crippen LogP contribution >= 0.6 is 0 Å². The number of amides is 2. The Balaban J connectivity index is 4.28. The number of aliphatic carboxylic acids is 1. The molecule has 2 N–H and O–H groups in total. The van der Waals surface area contributed by atoms with Gasteiger partial charge in [0.15, 0.2) is 0 Å². The molecule has 7 heteroatoms. The maximum Gasteiger partial charge on any atom is 0.317 e. The van der Waals surface area contributed by atoms with Crippen LogP contribution in [0.4, 0.5) is 4.79 Å². The minimum atomic E-state index is -0.869. The summed E-state index contributed by atoms with van der Waals surface area (Å²) in [5.74, 6) is -0.955. The van der Waals surface area contributed by atoms with Crippen molar-refractivity contribution < 1.29 is 19.4 Å². The van der Waals surface area contributed by atoms with Crippen molar-refractivity contribution in [2.24, 2.45) is 5.92 Å². The van der Waals surface area contributed by atoms with E-state index in [0.717, 1.165) is 0 Å². The van der Waals surface area contributed by atoms with Crippen molar-refractivity contribution in [3.05, 3.63) is 0 Å². The molecule has 0 heterocycles. The number of hydrogen-bond donors (Lipinski definition) is 2. The maximum atomic E-state index is 12.0. The summed E-state index contributed by atoms with van der Waals surface area (Å²) in [6.45, 7) is 3.34. The molecule has 0 spiro atoms. The van der Waals surface area contributed by atoms with Gasteiger partial charge in [-0.25, -0.2) is 4.79 Å². The van der Waals surface area contributed by atoms with E-state index >= 15 is 0 Å². The molecule has 0 bridgehead atoms. The van der Waals surface area contributed by atoms with Gasteiger partial charge in [-0.3, -0.25) is 4.79 Å². The lowest BCUT2D eigenvalue weighted by atomic mass is 10.0. The largest absolute Gasteiger partial charge is 0.481 e. The third-order valence-electron chi connectivity index (χ3n) is 2.93. The standard InChI is InChI=1S/C13H23N3O4/c1-3-11(9-12(17)18)10-15-13(19)16(6-4-5-14)7-8-20-2/h11H,3-4,6-10H2,1-2H3,(H,15,19)(H,17,18). The molecule has 0 aromatic rings. The molecule has 0 saturated heterocycles. The summed E-state index contributed by atoms with van der Waals surface area (Å²) in [6.07, 6.45) is 0.972. The lowest BCUT2D eigenvalue weighted by molar-refractivity contribution is -0.138. The van der Waals surface area contributed by atoms with Gasteiger partial charge in [0.05, 0.1) is 19.1 Å². The molecule has 0 radical (unpaired) electrons. The van der Waals surface area contributed by atoms with E-state index in [0.29, 0.717) is 32.7 Å². The molecule has 20 heavy (non-hydrogen) atoms. The van der Waals surface area contributed by atoms with Gasteiger partial charge >= 0.3 is 12.0 Å². The summed E-state index contributed by atoms with van der Waals surface area (Å²) in [6, 6.07) is 1.70. The molecule has 2 amide bonds. The highest BCUT2D eigenvalue weighted by atomic mass is 16.5. The molecule has 1 unspecified atom stereocenters. The van der Waals surface area contributed by atoms with Crippen LogP contribution in [0.25, 0.3) is 0 Å². The van der Waals surface area contributed by atoms with Gasteiger partial charge in [-0.15, -0.1) is 0 Å². The van der Waals surface area contributed by atoms with Crippen molar-refractivity contribution in [2.75, 3.05) is 33.4 Å². The van der Waals surface area contributed by atoms with Gasteiger partial charge < -0.3 is 20.1 Å². The molecule has 0 aromatic heterocycles. The Morgan fingerprint density at radius 2 is 2.15 bits per heavy atom. The minimum absolute atomic E-state index is 0.0348. The molecule has 0 aromatic carbocycles. The van der Waals surface area contributed by atoms with Gasteiger partial charge in [0.25, 0.3) is 0 Å². The number of ether oxygens (including phenoxy) is 1. The van der Waals surface area contributed by atoms with Crippen LogP contribution in [0.1, 0.15) is 26.2 Å². The van der Waals surface area contributed by atoms with Gasteiger partial charge in [0.2, 0.25) is 0 Å². The Bertz CT molecular complexity index is 341. The van der Waals surface area contributed by atoms with E-state index < -0.39 is 5.97 Å². The van der Waals surface area contributed by atoms with Crippen LogP contribution in [-0.4, -0.2) is 55.4 Å². The van der Waals surface area contributed by atoms with Crippen LogP contribution in [0.3, 0.4) is 0 Å². The van der Waals surface area contributed by atoms with Gasteiger partial charge in [-0.05, 0) is 5.92 Å². The quantitative estimate of drug-likeness (QED) is 0.624. The predicted octanol–water partition coefficient (Wildman–Crippen LogP) is 1.06. The van der Waals surface area contributed by atoms with Crippen LogP contribution in [0.5, 0.6) is 0 Å². The van der Waals surface area contributed by atoms with Crippen LogP contribution in [0.2, 0.25) is 0 Å². The van der Waals surface area contributed by atoms with Gasteiger partial charge in [-0.1, -0.05) is 13.3 Å². The Morgan fingerprint density at radius 3 is 2.65 bits per heavy atom. The fraction of sp³-hybridized carbons (Fsp3) is 0.769. The second kappa shape index (κ2) is 11.1. The first kappa shape index (κ1) is 18.2. The van der Waals surface area contributed by atoms with Crippen molar-refractivity contribution in [3.63, 3.8) is 0 Å². The Morgan fingerprint density at radius 1 is 1.45 bits per heavy atom. The molecular weight excluding hydrogens is 262 g/mol. The lowest BCUT2D eigenvalue weighted by Gasteiger charge is -2.23. The third-order valence-corrected chi connectivity index (χ3v) is 2.93. The van der Waals surface area contributed by atoms with Crippen molar-refractivity contribution in [3.8, 4) is 6.07 Å². The molecule has 0 aliphatic rings. The molecule has 0 rings (SSSR count). The number of carboxylic acid groups (broad SMARTS) is 1. The van der Waals surface area contributed by atoms with Crippen molar-refractivity contribution in [1.29, 1.82) is 5.26 Å². The highest BCUT2D eigenvalue weighted by molar-refractivity contribution is 5.74. The van der Waals surface area contributed by atoms with Crippen molar-refractivity contribution in [2.45, 2.75) is 26.2 Å². The Kier molecular flexibility index (Phi) is 10.1. The molecule has 114 valence electrons. The average Bonchev–Trinajstić information content (AvgIpc) is 2.42. The van der Waals surface area contributed by atoms with Crippen molar-refractivity contribution >= 4 is 12.0 Å². The van der Waals surface area contributed by atoms with Gasteiger partial charge in [-0.2, -0.15) is 5.26 Å². The van der Waals surface area contributed by atoms with Crippen LogP contribution in [-0.2, 0) is 9.53 Å². The highest BCUT2D eigenvalue weighted by Crippen LogP contribution is 2.06. The van der Waals surface area contributed by atoms with Crippen LogP contribution in [0.15, 0.2) is 0 Å². The van der Waals surface area contributed by atoms with E-state index in [2.05, 4.69) is 5.32 Å². The topological polar surface area (TPSA) is 103 Å². The first-order valence-electron chi connectivity index (χ1n) is 6.65. The van der Waals surface area contributed by atoms with Crippen molar-refractivity contribution in [1.82, 2.24) is 10.2 Å². The lowest BCUT2D eigenvalue weighted by Crippen LogP contribution is -2.43. The number of nitrogens with zero attached hydrogens (tertiary/aromatic N) is 2. The van der Waals surface area contributed by atoms with E-state index in [-0.39, 0.29) is 24.8 Å². The first-order chi connectivity index (χ1) is 9.54. The fourth-order valence-corrected chi connectivity index (χ4v) is 1.65. The molecule has 1 atom stereocenters. The molecular formula is C13H23N3O4. The predicted molar refractivity (Wildman–Crippen MR) is 73.1 cm³/mol. The average molecular weight is 285 g/mol. The minimum Gasteiger partial charge on any atom is -0.481 e. The van der Waals surface area contributed by atoms with Gasteiger partial charge in [0.1, 0.15) is 0 Å². The zero-order valence-corrected chi connectivity index (χ0v) is 12.1.